The van der Waals surface area contributed by atoms with Crippen molar-refractivity contribution in [3.63, 3.8) is 0 Å². The van der Waals surface area contributed by atoms with E-state index in [0.29, 0.717) is 18.4 Å². The number of carboxylic acids is 1. The quantitative estimate of drug-likeness (QED) is 0.370. The molecule has 0 unspecified atom stereocenters. The number of carboxylic acid groups (broad SMARTS) is 1. The second kappa shape index (κ2) is 6.31. The predicted molar refractivity (Wildman–Crippen MR) is 62.6 cm³/mol. The lowest BCUT2D eigenvalue weighted by atomic mass is 10.2. The van der Waals surface area contributed by atoms with Gasteiger partial charge in [0.1, 0.15) is 5.82 Å². The molecule has 0 amide bonds. The van der Waals surface area contributed by atoms with Crippen molar-refractivity contribution in [1.82, 2.24) is 0 Å². The summed E-state index contributed by atoms with van der Waals surface area (Å²) < 4.78 is 18.1. The Balaban J connectivity index is 3.14. The van der Waals surface area contributed by atoms with Gasteiger partial charge in [0.25, 0.3) is 5.69 Å². The Morgan fingerprint density at radius 3 is 2.78 bits per heavy atom. The molecule has 0 aliphatic rings. The first kappa shape index (κ1) is 14.4. The van der Waals surface area contributed by atoms with Gasteiger partial charge in [0.15, 0.2) is 0 Å². The fourth-order valence-corrected chi connectivity index (χ4v) is 2.15. The molecule has 0 saturated heterocycles. The van der Waals surface area contributed by atoms with Gasteiger partial charge >= 0.3 is 5.97 Å². The van der Waals surface area contributed by atoms with Crippen LogP contribution in [0.25, 0.3) is 0 Å². The minimum Gasteiger partial charge on any atom is -0.478 e. The Bertz CT molecular complexity index is 480. The smallest absolute Gasteiger partial charge is 0.338 e. The Morgan fingerprint density at radius 1 is 1.61 bits per heavy atom. The molecule has 0 radical (unpaired) electrons. The van der Waals surface area contributed by atoms with E-state index in [9.17, 15) is 19.3 Å². The number of nitro benzene ring substituents is 1. The first-order chi connectivity index (χ1) is 8.47. The molecule has 1 N–H and O–H groups in total. The van der Waals surface area contributed by atoms with Gasteiger partial charge in [0, 0.05) is 12.9 Å². The third-order valence-electron chi connectivity index (χ3n) is 2.02. The molecule has 0 aliphatic heterocycles. The molecular weight excluding hydrogens is 265 g/mol. The summed E-state index contributed by atoms with van der Waals surface area (Å²) in [7, 11) is 1.47. The number of carbonyl (C=O) groups is 1. The molecule has 0 aromatic heterocycles. The van der Waals surface area contributed by atoms with E-state index in [0.717, 1.165) is 17.8 Å². The minimum atomic E-state index is -1.46. The number of hydrogen-bond donors (Lipinski definition) is 1. The molecule has 0 atom stereocenters. The number of nitrogens with zero attached hydrogens (tertiary/aromatic N) is 1. The monoisotopic (exact) mass is 275 g/mol. The number of aromatic carboxylic acids is 1. The Hall–Kier alpha value is -1.67. The van der Waals surface area contributed by atoms with Gasteiger partial charge in [0.05, 0.1) is 28.1 Å². The van der Waals surface area contributed by atoms with Crippen LogP contribution in [0.3, 0.4) is 0 Å². The van der Waals surface area contributed by atoms with Gasteiger partial charge in [-0.1, -0.05) is 0 Å². The topological polar surface area (TPSA) is 89.7 Å². The van der Waals surface area contributed by atoms with Gasteiger partial charge in [0.2, 0.25) is 0 Å². The third kappa shape index (κ3) is 3.41. The molecule has 0 spiro atoms. The second-order valence-electron chi connectivity index (χ2n) is 3.20. The molecular formula is C10H10FNO5S. The minimum absolute atomic E-state index is 0.107. The van der Waals surface area contributed by atoms with Gasteiger partial charge in [-0.3, -0.25) is 10.1 Å². The van der Waals surface area contributed by atoms with Crippen molar-refractivity contribution in [3.05, 3.63) is 33.6 Å². The van der Waals surface area contributed by atoms with E-state index in [1.807, 2.05) is 0 Å². The average molecular weight is 275 g/mol. The maximum atomic E-state index is 13.3. The van der Waals surface area contributed by atoms with Crippen molar-refractivity contribution in [3.8, 4) is 0 Å². The lowest BCUT2D eigenvalue weighted by molar-refractivity contribution is -0.387. The molecule has 0 heterocycles. The molecule has 18 heavy (non-hydrogen) atoms. The Kier molecular flexibility index (Phi) is 5.05. The van der Waals surface area contributed by atoms with Crippen LogP contribution in [0.4, 0.5) is 10.1 Å². The summed E-state index contributed by atoms with van der Waals surface area (Å²) in [6.45, 7) is 0.349. The number of methoxy groups -OCH3 is 1. The summed E-state index contributed by atoms with van der Waals surface area (Å²) in [4.78, 5) is 20.8. The highest BCUT2D eigenvalue weighted by molar-refractivity contribution is 7.99. The van der Waals surface area contributed by atoms with Crippen LogP contribution in [-0.4, -0.2) is 35.5 Å². The van der Waals surface area contributed by atoms with Gasteiger partial charge in [-0.25, -0.2) is 9.18 Å². The van der Waals surface area contributed by atoms with Gasteiger partial charge in [-0.15, -0.1) is 11.8 Å². The van der Waals surface area contributed by atoms with E-state index in [-0.39, 0.29) is 4.90 Å². The summed E-state index contributed by atoms with van der Waals surface area (Å²) in [5.41, 5.74) is -1.03. The first-order valence-corrected chi connectivity index (χ1v) is 5.79. The fourth-order valence-electron chi connectivity index (χ4n) is 1.20. The number of halogens is 1. The van der Waals surface area contributed by atoms with E-state index >= 15 is 0 Å². The molecule has 0 bridgehead atoms. The molecule has 1 rings (SSSR count). The summed E-state index contributed by atoms with van der Waals surface area (Å²) in [5.74, 6) is -2.18. The van der Waals surface area contributed by atoms with Gasteiger partial charge < -0.3 is 9.84 Å². The fraction of sp³-hybridized carbons (Fsp3) is 0.300. The highest BCUT2D eigenvalue weighted by atomic mass is 32.2. The van der Waals surface area contributed by atoms with Crippen LogP contribution in [0.5, 0.6) is 0 Å². The van der Waals surface area contributed by atoms with Crippen molar-refractivity contribution in [2.24, 2.45) is 0 Å². The Labute approximate surface area is 106 Å². The Morgan fingerprint density at radius 2 is 2.28 bits per heavy atom. The molecule has 0 fully saturated rings. The number of nitro groups is 1. The van der Waals surface area contributed by atoms with Gasteiger partial charge in [-0.05, 0) is 6.07 Å². The van der Waals surface area contributed by atoms with Crippen LogP contribution in [0.15, 0.2) is 17.0 Å². The molecule has 6 nitrogen and oxygen atoms in total. The summed E-state index contributed by atoms with van der Waals surface area (Å²) in [6, 6.07) is 1.59. The standard InChI is InChI=1S/C10H10FNO5S/c1-17-2-3-18-9-4-6(10(13)14)7(11)5-8(9)12(15)16/h4-5H,2-3H2,1H3,(H,13,14). The first-order valence-electron chi connectivity index (χ1n) is 4.80. The summed E-state index contributed by atoms with van der Waals surface area (Å²) in [6.07, 6.45) is 0. The largest absolute Gasteiger partial charge is 0.478 e. The molecule has 0 aliphatic carbocycles. The van der Waals surface area contributed by atoms with E-state index in [1.165, 1.54) is 7.11 Å². The van der Waals surface area contributed by atoms with E-state index in [4.69, 9.17) is 9.84 Å². The van der Waals surface area contributed by atoms with Crippen LogP contribution >= 0.6 is 11.8 Å². The number of rotatable bonds is 6. The molecule has 1 aromatic carbocycles. The van der Waals surface area contributed by atoms with Crippen LogP contribution in [-0.2, 0) is 4.74 Å². The molecule has 1 aromatic rings. The highest BCUT2D eigenvalue weighted by Crippen LogP contribution is 2.31. The molecule has 0 saturated carbocycles. The van der Waals surface area contributed by atoms with Crippen molar-refractivity contribution < 1.29 is 24.0 Å². The lowest BCUT2D eigenvalue weighted by Gasteiger charge is -2.05. The number of benzene rings is 1. The maximum absolute atomic E-state index is 13.3. The van der Waals surface area contributed by atoms with Crippen molar-refractivity contribution in [1.29, 1.82) is 0 Å². The number of thioether (sulfide) groups is 1. The van der Waals surface area contributed by atoms with Gasteiger partial charge in [-0.2, -0.15) is 0 Å². The van der Waals surface area contributed by atoms with Crippen molar-refractivity contribution in [2.45, 2.75) is 4.90 Å². The number of hydrogen-bond acceptors (Lipinski definition) is 5. The highest BCUT2D eigenvalue weighted by Gasteiger charge is 2.21. The summed E-state index contributed by atoms with van der Waals surface area (Å²) in [5, 5.41) is 19.5. The molecule has 8 heteroatoms. The zero-order chi connectivity index (χ0) is 13.7. The molecule has 98 valence electrons. The number of ether oxygens (including phenoxy) is 1. The normalized spacial score (nSPS) is 10.3. The summed E-state index contributed by atoms with van der Waals surface area (Å²) >= 11 is 1.04. The van der Waals surface area contributed by atoms with Crippen LogP contribution in [0.2, 0.25) is 0 Å². The lowest BCUT2D eigenvalue weighted by Crippen LogP contribution is -2.03. The van der Waals surface area contributed by atoms with Crippen LogP contribution < -0.4 is 0 Å². The second-order valence-corrected chi connectivity index (χ2v) is 4.34. The average Bonchev–Trinajstić information content (AvgIpc) is 2.30. The van der Waals surface area contributed by atoms with Crippen molar-refractivity contribution in [2.75, 3.05) is 19.5 Å². The van der Waals surface area contributed by atoms with Crippen LogP contribution in [0, 0.1) is 15.9 Å². The SMILES string of the molecule is COCCSc1cc(C(=O)O)c(F)cc1[N+](=O)[O-]. The predicted octanol–water partition coefficient (Wildman–Crippen LogP) is 2.17. The third-order valence-corrected chi connectivity index (χ3v) is 3.03. The van der Waals surface area contributed by atoms with E-state index in [2.05, 4.69) is 0 Å². The van der Waals surface area contributed by atoms with E-state index < -0.39 is 28.0 Å². The van der Waals surface area contributed by atoms with Crippen molar-refractivity contribution >= 4 is 23.4 Å². The maximum Gasteiger partial charge on any atom is 0.338 e. The zero-order valence-corrected chi connectivity index (χ0v) is 10.2. The van der Waals surface area contributed by atoms with Crippen LogP contribution in [0.1, 0.15) is 10.4 Å². The van der Waals surface area contributed by atoms with E-state index in [1.54, 1.807) is 0 Å². The zero-order valence-electron chi connectivity index (χ0n) is 9.38.